The normalized spacial score (nSPS) is 14.9. The number of fused-ring (bicyclic) bond motifs is 1. The Hall–Kier alpha value is -2.16. The van der Waals surface area contributed by atoms with Gasteiger partial charge in [0.1, 0.15) is 6.54 Å². The minimum Gasteiger partial charge on any atom is -0.359 e. The van der Waals surface area contributed by atoms with E-state index in [1.54, 1.807) is 24.3 Å². The van der Waals surface area contributed by atoms with Gasteiger partial charge in [-0.2, -0.15) is 21.9 Å². The van der Waals surface area contributed by atoms with E-state index in [0.717, 1.165) is 11.7 Å². The van der Waals surface area contributed by atoms with E-state index in [9.17, 15) is 18.0 Å². The number of carbonyl (C=O) groups excluding carboxylic acids is 1. The van der Waals surface area contributed by atoms with Crippen molar-refractivity contribution in [3.8, 4) is 0 Å². The van der Waals surface area contributed by atoms with Gasteiger partial charge in [0.25, 0.3) is 5.91 Å². The van der Waals surface area contributed by atoms with Gasteiger partial charge in [-0.25, -0.2) is 0 Å². The first kappa shape index (κ1) is 14.8. The summed E-state index contributed by atoms with van der Waals surface area (Å²) in [4.78, 5) is 15.1. The zero-order valence-electron chi connectivity index (χ0n) is 11.2. The summed E-state index contributed by atoms with van der Waals surface area (Å²) >= 11 is 0.915. The van der Waals surface area contributed by atoms with Gasteiger partial charge in [0.15, 0.2) is 5.69 Å². The second kappa shape index (κ2) is 5.56. The molecule has 1 aliphatic heterocycles. The molecular weight excluding hydrogens is 317 g/mol. The van der Waals surface area contributed by atoms with Gasteiger partial charge in [0.2, 0.25) is 0 Å². The van der Waals surface area contributed by atoms with E-state index in [2.05, 4.69) is 8.75 Å². The molecule has 116 valence electrons. The monoisotopic (exact) mass is 328 g/mol. The Labute approximate surface area is 128 Å². The molecule has 0 aliphatic carbocycles. The van der Waals surface area contributed by atoms with Crippen LogP contribution in [0.1, 0.15) is 10.5 Å². The minimum atomic E-state index is -4.29. The molecule has 0 fully saturated rings. The largest absolute Gasteiger partial charge is 0.405 e. The Morgan fingerprint density at radius 3 is 2.59 bits per heavy atom. The van der Waals surface area contributed by atoms with Crippen LogP contribution in [0.4, 0.5) is 24.5 Å². The SMILES string of the molecule is O=C(c1cnsn1)N1CCN(CC(F)(F)F)c2ccccc21. The molecule has 0 atom stereocenters. The average molecular weight is 328 g/mol. The molecular formula is C13H11F3N4OS. The van der Waals surface area contributed by atoms with Crippen LogP contribution in [0.2, 0.25) is 0 Å². The van der Waals surface area contributed by atoms with Gasteiger partial charge in [0.05, 0.1) is 29.3 Å². The first-order chi connectivity index (χ1) is 10.5. The number of hydrogen-bond donors (Lipinski definition) is 0. The van der Waals surface area contributed by atoms with Gasteiger partial charge in [-0.1, -0.05) is 12.1 Å². The fourth-order valence-corrected chi connectivity index (χ4v) is 2.82. The number of alkyl halides is 3. The molecule has 0 bridgehead atoms. The zero-order chi connectivity index (χ0) is 15.7. The standard InChI is InChI=1S/C13H11F3N4OS/c14-13(15,16)8-19-5-6-20(11-4-2-1-3-10(11)19)12(21)9-7-17-22-18-9/h1-4,7H,5-6,8H2. The molecule has 1 aromatic heterocycles. The van der Waals surface area contributed by atoms with Crippen molar-refractivity contribution in [2.45, 2.75) is 6.18 Å². The molecule has 3 rings (SSSR count). The molecule has 2 aromatic rings. The molecule has 5 nitrogen and oxygen atoms in total. The molecule has 0 N–H and O–H groups in total. The highest BCUT2D eigenvalue weighted by Gasteiger charge is 2.35. The molecule has 1 amide bonds. The van der Waals surface area contributed by atoms with E-state index >= 15 is 0 Å². The predicted octanol–water partition coefficient (Wildman–Crippen LogP) is 2.57. The van der Waals surface area contributed by atoms with Crippen LogP contribution in [0.25, 0.3) is 0 Å². The van der Waals surface area contributed by atoms with Crippen LogP contribution >= 0.6 is 11.7 Å². The molecule has 0 saturated heterocycles. The van der Waals surface area contributed by atoms with Gasteiger partial charge in [0, 0.05) is 13.1 Å². The van der Waals surface area contributed by atoms with Crippen molar-refractivity contribution >= 4 is 29.0 Å². The number of amides is 1. The van der Waals surface area contributed by atoms with E-state index in [-0.39, 0.29) is 24.7 Å². The fourth-order valence-electron chi connectivity index (χ4n) is 2.41. The molecule has 22 heavy (non-hydrogen) atoms. The van der Waals surface area contributed by atoms with E-state index in [4.69, 9.17) is 0 Å². The lowest BCUT2D eigenvalue weighted by atomic mass is 10.1. The van der Waals surface area contributed by atoms with Gasteiger partial charge < -0.3 is 9.80 Å². The van der Waals surface area contributed by atoms with Crippen LogP contribution in [0, 0.1) is 0 Å². The molecule has 9 heteroatoms. The Balaban J connectivity index is 1.93. The maximum absolute atomic E-state index is 12.7. The first-order valence-corrected chi connectivity index (χ1v) is 7.19. The maximum atomic E-state index is 12.7. The van der Waals surface area contributed by atoms with Crippen LogP contribution in [-0.4, -0.2) is 40.5 Å². The molecule has 1 aromatic carbocycles. The summed E-state index contributed by atoms with van der Waals surface area (Å²) in [5.41, 5.74) is 1.04. The van der Waals surface area contributed by atoms with Gasteiger partial charge in [-0.05, 0) is 12.1 Å². The van der Waals surface area contributed by atoms with Crippen molar-refractivity contribution in [1.29, 1.82) is 0 Å². The third-order valence-electron chi connectivity index (χ3n) is 3.30. The highest BCUT2D eigenvalue weighted by atomic mass is 32.1. The zero-order valence-corrected chi connectivity index (χ0v) is 12.1. The van der Waals surface area contributed by atoms with Crippen molar-refractivity contribution in [3.05, 3.63) is 36.2 Å². The Morgan fingerprint density at radius 1 is 1.23 bits per heavy atom. The van der Waals surface area contributed by atoms with Crippen molar-refractivity contribution in [1.82, 2.24) is 8.75 Å². The number of para-hydroxylation sites is 2. The summed E-state index contributed by atoms with van der Waals surface area (Å²) < 4.78 is 45.7. The topological polar surface area (TPSA) is 49.3 Å². The number of halogens is 3. The third-order valence-corrected chi connectivity index (χ3v) is 3.78. The second-order valence-electron chi connectivity index (χ2n) is 4.77. The number of hydrogen-bond acceptors (Lipinski definition) is 5. The van der Waals surface area contributed by atoms with Crippen LogP contribution in [0.3, 0.4) is 0 Å². The summed E-state index contributed by atoms with van der Waals surface area (Å²) in [6.07, 6.45) is -2.93. The summed E-state index contributed by atoms with van der Waals surface area (Å²) in [5.74, 6) is -0.354. The van der Waals surface area contributed by atoms with E-state index in [1.807, 2.05) is 0 Å². The Kier molecular flexibility index (Phi) is 3.73. The number of anilines is 2. The van der Waals surface area contributed by atoms with Crippen molar-refractivity contribution in [2.75, 3.05) is 29.4 Å². The number of aromatic nitrogens is 2. The second-order valence-corrected chi connectivity index (χ2v) is 5.33. The summed E-state index contributed by atoms with van der Waals surface area (Å²) in [7, 11) is 0. The molecule has 0 radical (unpaired) electrons. The molecule has 0 spiro atoms. The lowest BCUT2D eigenvalue weighted by Crippen LogP contribution is -2.47. The average Bonchev–Trinajstić information content (AvgIpc) is 3.00. The highest BCUT2D eigenvalue weighted by molar-refractivity contribution is 6.99. The molecule has 0 saturated carbocycles. The van der Waals surface area contributed by atoms with Gasteiger partial charge in [-0.3, -0.25) is 4.79 Å². The summed E-state index contributed by atoms with van der Waals surface area (Å²) in [6.45, 7) is -0.756. The number of nitrogens with zero attached hydrogens (tertiary/aromatic N) is 4. The predicted molar refractivity (Wildman–Crippen MR) is 76.3 cm³/mol. The number of carbonyl (C=O) groups is 1. The van der Waals surface area contributed by atoms with Crippen molar-refractivity contribution in [3.63, 3.8) is 0 Å². The lowest BCUT2D eigenvalue weighted by Gasteiger charge is -2.37. The number of benzene rings is 1. The highest BCUT2D eigenvalue weighted by Crippen LogP contribution is 2.35. The Morgan fingerprint density at radius 2 is 1.95 bits per heavy atom. The minimum absolute atomic E-state index is 0.111. The molecule has 1 aliphatic rings. The van der Waals surface area contributed by atoms with Crippen LogP contribution in [0.15, 0.2) is 30.5 Å². The molecule has 2 heterocycles. The van der Waals surface area contributed by atoms with E-state index < -0.39 is 12.7 Å². The smallest absolute Gasteiger partial charge is 0.359 e. The lowest BCUT2D eigenvalue weighted by molar-refractivity contribution is -0.119. The van der Waals surface area contributed by atoms with Gasteiger partial charge >= 0.3 is 6.18 Å². The third kappa shape index (κ3) is 2.89. The van der Waals surface area contributed by atoms with Crippen LogP contribution in [-0.2, 0) is 0 Å². The van der Waals surface area contributed by atoms with Crippen molar-refractivity contribution in [2.24, 2.45) is 0 Å². The fraction of sp³-hybridized carbons (Fsp3) is 0.308. The van der Waals surface area contributed by atoms with E-state index in [1.165, 1.54) is 16.0 Å². The van der Waals surface area contributed by atoms with Crippen molar-refractivity contribution < 1.29 is 18.0 Å². The Bertz CT molecular complexity index is 674. The van der Waals surface area contributed by atoms with Crippen LogP contribution in [0.5, 0.6) is 0 Å². The quantitative estimate of drug-likeness (QED) is 0.850. The summed E-state index contributed by atoms with van der Waals surface area (Å²) in [6, 6.07) is 6.56. The number of rotatable bonds is 2. The van der Waals surface area contributed by atoms with Crippen LogP contribution < -0.4 is 9.80 Å². The maximum Gasteiger partial charge on any atom is 0.405 e. The first-order valence-electron chi connectivity index (χ1n) is 6.46. The summed E-state index contributed by atoms with van der Waals surface area (Å²) in [5, 5.41) is 0. The molecule has 0 unspecified atom stereocenters. The van der Waals surface area contributed by atoms with E-state index in [0.29, 0.717) is 11.4 Å². The van der Waals surface area contributed by atoms with Gasteiger partial charge in [-0.15, -0.1) is 0 Å².